The minimum absolute atomic E-state index is 0.125. The smallest absolute Gasteiger partial charge is 0.333 e. The van der Waals surface area contributed by atoms with E-state index in [2.05, 4.69) is 17.3 Å². The lowest BCUT2D eigenvalue weighted by Gasteiger charge is -2.14. The molecule has 1 aromatic rings. The van der Waals surface area contributed by atoms with Crippen molar-refractivity contribution < 1.29 is 4.92 Å². The first-order chi connectivity index (χ1) is 9.03. The van der Waals surface area contributed by atoms with Gasteiger partial charge in [-0.3, -0.25) is 10.1 Å². The van der Waals surface area contributed by atoms with Crippen LogP contribution in [0.2, 0.25) is 0 Å². The van der Waals surface area contributed by atoms with Gasteiger partial charge in [0.05, 0.1) is 4.92 Å². The molecule has 0 amide bonds. The highest BCUT2D eigenvalue weighted by Crippen LogP contribution is 2.48. The third-order valence-electron chi connectivity index (χ3n) is 4.05. The van der Waals surface area contributed by atoms with Crippen LogP contribution in [0.3, 0.4) is 0 Å². The van der Waals surface area contributed by atoms with Crippen LogP contribution < -0.4 is 5.32 Å². The number of hydrogen-bond acceptors (Lipinski definition) is 4. The van der Waals surface area contributed by atoms with Crippen LogP contribution in [0, 0.1) is 22.5 Å². The highest BCUT2D eigenvalue weighted by molar-refractivity contribution is 5.59. The van der Waals surface area contributed by atoms with E-state index in [4.69, 9.17) is 0 Å². The molecule has 0 aliphatic heterocycles. The quantitative estimate of drug-likeness (QED) is 0.608. The van der Waals surface area contributed by atoms with E-state index in [-0.39, 0.29) is 10.6 Å². The molecule has 0 bridgehead atoms. The molecule has 0 unspecified atom stereocenters. The van der Waals surface area contributed by atoms with Crippen LogP contribution >= 0.6 is 0 Å². The maximum Gasteiger partial charge on any atom is 0.333 e. The number of hydrogen-bond donors (Lipinski definition) is 1. The Morgan fingerprint density at radius 3 is 2.63 bits per heavy atom. The van der Waals surface area contributed by atoms with E-state index >= 15 is 0 Å². The fraction of sp³-hybridized carbons (Fsp3) is 0.769. The van der Waals surface area contributed by atoms with Gasteiger partial charge in [0.1, 0.15) is 5.69 Å². The summed E-state index contributed by atoms with van der Waals surface area (Å²) in [4.78, 5) is 10.9. The molecule has 0 aromatic carbocycles. The highest BCUT2D eigenvalue weighted by atomic mass is 16.6. The summed E-state index contributed by atoms with van der Waals surface area (Å²) >= 11 is 0. The number of nitrogens with one attached hydrogen (secondary N) is 1. The fourth-order valence-corrected chi connectivity index (χ4v) is 2.44. The van der Waals surface area contributed by atoms with Crippen molar-refractivity contribution >= 4 is 11.5 Å². The van der Waals surface area contributed by atoms with Gasteiger partial charge < -0.3 is 5.32 Å². The van der Waals surface area contributed by atoms with E-state index in [0.717, 1.165) is 19.4 Å². The van der Waals surface area contributed by atoms with Gasteiger partial charge in [-0.05, 0) is 38.0 Å². The Hall–Kier alpha value is -1.59. The molecule has 6 nitrogen and oxygen atoms in total. The molecule has 1 aliphatic rings. The van der Waals surface area contributed by atoms with Gasteiger partial charge >= 0.3 is 5.69 Å². The van der Waals surface area contributed by atoms with E-state index in [1.54, 1.807) is 11.6 Å². The number of aromatic nitrogens is 2. The van der Waals surface area contributed by atoms with Crippen LogP contribution in [0.15, 0.2) is 0 Å². The van der Waals surface area contributed by atoms with E-state index in [1.165, 1.54) is 12.8 Å². The zero-order chi connectivity index (χ0) is 14.0. The summed E-state index contributed by atoms with van der Waals surface area (Å²) in [7, 11) is 0. The second-order valence-electron chi connectivity index (χ2n) is 5.47. The molecule has 0 spiro atoms. The predicted molar refractivity (Wildman–Crippen MR) is 74.4 cm³/mol. The summed E-state index contributed by atoms with van der Waals surface area (Å²) in [6.07, 6.45) is 4.46. The van der Waals surface area contributed by atoms with Crippen LogP contribution in [0.4, 0.5) is 11.5 Å². The highest BCUT2D eigenvalue weighted by Gasteiger charge is 2.41. The van der Waals surface area contributed by atoms with Crippen molar-refractivity contribution in [2.45, 2.75) is 53.0 Å². The Kier molecular flexibility index (Phi) is 3.78. The van der Waals surface area contributed by atoms with E-state index in [9.17, 15) is 10.1 Å². The first-order valence-electron chi connectivity index (χ1n) is 6.98. The lowest BCUT2D eigenvalue weighted by Crippen LogP contribution is -2.17. The van der Waals surface area contributed by atoms with Gasteiger partial charge in [-0.1, -0.05) is 13.8 Å². The SMILES string of the molecule is CCCn1nc(C)c([N+](=O)[O-])c1NCC1(CC)CC1. The Morgan fingerprint density at radius 2 is 2.16 bits per heavy atom. The van der Waals surface area contributed by atoms with E-state index in [0.29, 0.717) is 23.5 Å². The molecule has 6 heteroatoms. The fourth-order valence-electron chi connectivity index (χ4n) is 2.44. The topological polar surface area (TPSA) is 73.0 Å². The monoisotopic (exact) mass is 266 g/mol. The molecule has 1 saturated carbocycles. The Labute approximate surface area is 113 Å². The lowest BCUT2D eigenvalue weighted by molar-refractivity contribution is -0.384. The molecule has 1 aliphatic carbocycles. The summed E-state index contributed by atoms with van der Waals surface area (Å²) in [5, 5.41) is 18.7. The standard InChI is InChI=1S/C13H22N4O2/c1-4-8-16-12(11(17(18)19)10(3)15-16)14-9-13(5-2)6-7-13/h14H,4-9H2,1-3H3. The van der Waals surface area contributed by atoms with Gasteiger partial charge in [-0.25, -0.2) is 4.68 Å². The van der Waals surface area contributed by atoms with E-state index < -0.39 is 0 Å². The Morgan fingerprint density at radius 1 is 1.47 bits per heavy atom. The molecule has 0 radical (unpaired) electrons. The molecular weight excluding hydrogens is 244 g/mol. The van der Waals surface area contributed by atoms with Crippen molar-refractivity contribution in [3.8, 4) is 0 Å². The average Bonchev–Trinajstić information content (AvgIpc) is 3.07. The average molecular weight is 266 g/mol. The normalized spacial score (nSPS) is 16.4. The van der Waals surface area contributed by atoms with Crippen molar-refractivity contribution in [2.24, 2.45) is 5.41 Å². The van der Waals surface area contributed by atoms with Crippen LogP contribution in [0.5, 0.6) is 0 Å². The third kappa shape index (κ3) is 2.72. The molecular formula is C13H22N4O2. The number of nitro groups is 1. The van der Waals surface area contributed by atoms with Crippen LogP contribution in [-0.2, 0) is 6.54 Å². The first-order valence-corrected chi connectivity index (χ1v) is 6.98. The predicted octanol–water partition coefficient (Wildman–Crippen LogP) is 3.11. The summed E-state index contributed by atoms with van der Waals surface area (Å²) in [5.74, 6) is 0.573. The summed E-state index contributed by atoms with van der Waals surface area (Å²) in [6.45, 7) is 7.43. The summed E-state index contributed by atoms with van der Waals surface area (Å²) in [6, 6.07) is 0. The van der Waals surface area contributed by atoms with Crippen molar-refractivity contribution in [1.29, 1.82) is 0 Å². The minimum atomic E-state index is -0.331. The van der Waals surface area contributed by atoms with E-state index in [1.807, 2.05) is 6.92 Å². The molecule has 1 aromatic heterocycles. The Bertz CT molecular complexity index is 477. The zero-order valence-electron chi connectivity index (χ0n) is 11.9. The molecule has 106 valence electrons. The molecule has 2 rings (SSSR count). The van der Waals surface area contributed by atoms with Gasteiger partial charge in [0.15, 0.2) is 0 Å². The number of rotatable bonds is 7. The van der Waals surface area contributed by atoms with Gasteiger partial charge in [0.25, 0.3) is 0 Å². The lowest BCUT2D eigenvalue weighted by atomic mass is 10.0. The molecule has 0 atom stereocenters. The summed E-state index contributed by atoms with van der Waals surface area (Å²) < 4.78 is 1.74. The van der Waals surface area contributed by atoms with Crippen molar-refractivity contribution in [2.75, 3.05) is 11.9 Å². The molecule has 1 fully saturated rings. The van der Waals surface area contributed by atoms with Gasteiger partial charge in [0.2, 0.25) is 5.82 Å². The van der Waals surface area contributed by atoms with Crippen LogP contribution in [0.25, 0.3) is 0 Å². The molecule has 1 heterocycles. The van der Waals surface area contributed by atoms with Crippen LogP contribution in [-0.4, -0.2) is 21.2 Å². The van der Waals surface area contributed by atoms with Crippen molar-refractivity contribution in [3.05, 3.63) is 15.8 Å². The zero-order valence-corrected chi connectivity index (χ0v) is 11.9. The number of anilines is 1. The van der Waals surface area contributed by atoms with Crippen molar-refractivity contribution in [3.63, 3.8) is 0 Å². The molecule has 19 heavy (non-hydrogen) atoms. The largest absolute Gasteiger partial charge is 0.364 e. The first kappa shape index (κ1) is 13.8. The third-order valence-corrected chi connectivity index (χ3v) is 4.05. The maximum atomic E-state index is 11.2. The summed E-state index contributed by atoms with van der Waals surface area (Å²) in [5.41, 5.74) is 0.964. The molecule has 1 N–H and O–H groups in total. The van der Waals surface area contributed by atoms with Crippen LogP contribution in [0.1, 0.15) is 45.2 Å². The number of nitrogens with zero attached hydrogens (tertiary/aromatic N) is 3. The van der Waals surface area contributed by atoms with Gasteiger partial charge in [-0.2, -0.15) is 5.10 Å². The van der Waals surface area contributed by atoms with Crippen molar-refractivity contribution in [1.82, 2.24) is 9.78 Å². The second kappa shape index (κ2) is 5.19. The minimum Gasteiger partial charge on any atom is -0.364 e. The van der Waals surface area contributed by atoms with Gasteiger partial charge in [-0.15, -0.1) is 0 Å². The number of aryl methyl sites for hydroxylation is 2. The molecule has 0 saturated heterocycles. The van der Waals surface area contributed by atoms with Gasteiger partial charge in [0, 0.05) is 13.1 Å². The maximum absolute atomic E-state index is 11.2. The second-order valence-corrected chi connectivity index (χ2v) is 5.47. The Balaban J connectivity index is 2.22.